The van der Waals surface area contributed by atoms with Crippen LogP contribution >= 0.6 is 11.6 Å². The van der Waals surface area contributed by atoms with Gasteiger partial charge in [0.25, 0.3) is 5.56 Å². The monoisotopic (exact) mass is 276 g/mol. The predicted molar refractivity (Wildman–Crippen MR) is 62.7 cm³/mol. The Morgan fingerprint density at radius 2 is 2.22 bits per heavy atom. The summed E-state index contributed by atoms with van der Waals surface area (Å²) in [6.07, 6.45) is -1.55. The Bertz CT molecular complexity index is 554. The number of aryl methyl sites for hydroxylation is 1. The molecule has 18 heavy (non-hydrogen) atoms. The van der Waals surface area contributed by atoms with Crippen LogP contribution in [0.3, 0.4) is 0 Å². The van der Waals surface area contributed by atoms with Gasteiger partial charge in [-0.1, -0.05) is 0 Å². The summed E-state index contributed by atoms with van der Waals surface area (Å²) in [5, 5.41) is 17.8. The van der Waals surface area contributed by atoms with Crippen molar-refractivity contribution in [2.45, 2.75) is 30.7 Å². The number of alkyl halides is 1. The first-order valence-electron chi connectivity index (χ1n) is 5.36. The summed E-state index contributed by atoms with van der Waals surface area (Å²) in [7, 11) is 0. The normalized spacial score (nSPS) is 31.8. The standard InChI is InChI=1S/C10H13ClN2O5/c1-4-2-13(10(17)12-8(4)16)9-6(11)7(15)5(3-14)18-9/h2,5-7,9,14-15H,3H2,1H3,(H,12,16,17)/t5-,6-,7+,9-/m1/s1. The second kappa shape index (κ2) is 4.85. The number of halogens is 1. The number of hydrogen-bond acceptors (Lipinski definition) is 5. The van der Waals surface area contributed by atoms with E-state index in [-0.39, 0.29) is 0 Å². The number of aromatic amines is 1. The van der Waals surface area contributed by atoms with E-state index in [9.17, 15) is 14.7 Å². The fraction of sp³-hybridized carbons (Fsp3) is 0.600. The molecule has 0 spiro atoms. The van der Waals surface area contributed by atoms with Crippen LogP contribution in [0.25, 0.3) is 0 Å². The quantitative estimate of drug-likeness (QED) is 0.583. The first-order chi connectivity index (χ1) is 8.45. The molecule has 0 bridgehead atoms. The van der Waals surface area contributed by atoms with Crippen molar-refractivity contribution in [1.82, 2.24) is 9.55 Å². The number of aliphatic hydroxyl groups excluding tert-OH is 2. The molecule has 0 amide bonds. The second-order valence-corrected chi connectivity index (χ2v) is 4.67. The summed E-state index contributed by atoms with van der Waals surface area (Å²) < 4.78 is 6.41. The molecule has 1 aliphatic heterocycles. The van der Waals surface area contributed by atoms with Crippen LogP contribution in [0.5, 0.6) is 0 Å². The first-order valence-corrected chi connectivity index (χ1v) is 5.80. The number of nitrogens with zero attached hydrogens (tertiary/aromatic N) is 1. The molecule has 0 saturated carbocycles. The minimum atomic E-state index is -1.08. The van der Waals surface area contributed by atoms with Gasteiger partial charge in [-0.3, -0.25) is 14.3 Å². The molecule has 8 heteroatoms. The number of aliphatic hydroxyl groups is 2. The molecule has 0 aromatic carbocycles. The Kier molecular flexibility index (Phi) is 3.58. The number of ether oxygens (including phenoxy) is 1. The molecule has 2 rings (SSSR count). The SMILES string of the molecule is Cc1cn([C@@H]2O[C@H](CO)[C@H](O)[C@H]2Cl)c(=O)[nH]c1=O. The fourth-order valence-corrected chi connectivity index (χ4v) is 2.20. The van der Waals surface area contributed by atoms with Gasteiger partial charge in [-0.25, -0.2) is 4.79 Å². The topological polar surface area (TPSA) is 105 Å². The summed E-state index contributed by atoms with van der Waals surface area (Å²) in [5.74, 6) is 0. The van der Waals surface area contributed by atoms with Crippen LogP contribution in [0.4, 0.5) is 0 Å². The lowest BCUT2D eigenvalue weighted by Gasteiger charge is -2.16. The van der Waals surface area contributed by atoms with Crippen LogP contribution in [0, 0.1) is 6.92 Å². The lowest BCUT2D eigenvalue weighted by molar-refractivity contribution is -0.0458. The summed E-state index contributed by atoms with van der Waals surface area (Å²) in [5.41, 5.74) is -0.837. The van der Waals surface area contributed by atoms with Crippen LogP contribution in [0.1, 0.15) is 11.8 Å². The molecule has 3 N–H and O–H groups in total. The number of nitrogens with one attached hydrogen (secondary N) is 1. The molecule has 7 nitrogen and oxygen atoms in total. The van der Waals surface area contributed by atoms with Gasteiger partial charge < -0.3 is 14.9 Å². The van der Waals surface area contributed by atoms with E-state index in [4.69, 9.17) is 21.4 Å². The molecular weight excluding hydrogens is 264 g/mol. The summed E-state index contributed by atoms with van der Waals surface area (Å²) in [4.78, 5) is 25.0. The average Bonchev–Trinajstić information content (AvgIpc) is 2.61. The molecule has 0 unspecified atom stereocenters. The zero-order valence-corrected chi connectivity index (χ0v) is 10.3. The van der Waals surface area contributed by atoms with Gasteiger partial charge in [-0.2, -0.15) is 0 Å². The van der Waals surface area contributed by atoms with E-state index in [0.29, 0.717) is 5.56 Å². The molecule has 2 heterocycles. The number of aromatic nitrogens is 2. The maximum Gasteiger partial charge on any atom is 0.330 e. The molecule has 1 fully saturated rings. The van der Waals surface area contributed by atoms with E-state index in [2.05, 4.69) is 4.98 Å². The highest BCUT2D eigenvalue weighted by molar-refractivity contribution is 6.21. The Morgan fingerprint density at radius 1 is 1.56 bits per heavy atom. The summed E-state index contributed by atoms with van der Waals surface area (Å²) in [6, 6.07) is 0. The minimum Gasteiger partial charge on any atom is -0.394 e. The van der Waals surface area contributed by atoms with Crippen molar-refractivity contribution in [1.29, 1.82) is 0 Å². The number of hydrogen-bond donors (Lipinski definition) is 3. The molecule has 1 saturated heterocycles. The van der Waals surface area contributed by atoms with Crippen LogP contribution in [0.2, 0.25) is 0 Å². The minimum absolute atomic E-state index is 0.323. The van der Waals surface area contributed by atoms with Crippen molar-refractivity contribution in [3.8, 4) is 0 Å². The molecule has 1 aromatic heterocycles. The predicted octanol–water partition coefficient (Wildman–Crippen LogP) is -1.30. The Morgan fingerprint density at radius 3 is 2.78 bits per heavy atom. The Hall–Kier alpha value is -1.15. The Balaban J connectivity index is 2.42. The van der Waals surface area contributed by atoms with Gasteiger partial charge in [0.15, 0.2) is 6.23 Å². The highest BCUT2D eigenvalue weighted by Gasteiger charge is 2.43. The van der Waals surface area contributed by atoms with Crippen molar-refractivity contribution in [3.63, 3.8) is 0 Å². The third-order valence-electron chi connectivity index (χ3n) is 2.89. The van der Waals surface area contributed by atoms with E-state index >= 15 is 0 Å². The molecule has 1 aliphatic rings. The summed E-state index contributed by atoms with van der Waals surface area (Å²) >= 11 is 5.96. The smallest absolute Gasteiger partial charge is 0.330 e. The van der Waals surface area contributed by atoms with Crippen molar-refractivity contribution >= 4 is 11.6 Å². The molecule has 1 aromatic rings. The van der Waals surface area contributed by atoms with E-state index in [0.717, 1.165) is 4.57 Å². The van der Waals surface area contributed by atoms with E-state index in [1.807, 2.05) is 0 Å². The zero-order valence-electron chi connectivity index (χ0n) is 9.54. The maximum atomic E-state index is 11.7. The maximum absolute atomic E-state index is 11.7. The average molecular weight is 277 g/mol. The van der Waals surface area contributed by atoms with Gasteiger partial charge >= 0.3 is 5.69 Å². The van der Waals surface area contributed by atoms with Gasteiger partial charge in [-0.15, -0.1) is 11.6 Å². The van der Waals surface area contributed by atoms with E-state index in [1.165, 1.54) is 13.1 Å². The van der Waals surface area contributed by atoms with Gasteiger partial charge in [0.2, 0.25) is 0 Å². The lowest BCUT2D eigenvalue weighted by Crippen LogP contribution is -2.36. The molecule has 0 aliphatic carbocycles. The van der Waals surface area contributed by atoms with Gasteiger partial charge in [0.05, 0.1) is 6.61 Å². The van der Waals surface area contributed by atoms with Crippen LogP contribution in [-0.2, 0) is 4.74 Å². The highest BCUT2D eigenvalue weighted by Crippen LogP contribution is 2.32. The second-order valence-electron chi connectivity index (χ2n) is 4.16. The molecule has 100 valence electrons. The van der Waals surface area contributed by atoms with Crippen molar-refractivity contribution in [3.05, 3.63) is 32.6 Å². The zero-order chi connectivity index (χ0) is 13.4. The van der Waals surface area contributed by atoms with E-state index in [1.54, 1.807) is 0 Å². The van der Waals surface area contributed by atoms with Crippen LogP contribution in [0.15, 0.2) is 15.8 Å². The fourth-order valence-electron chi connectivity index (χ4n) is 1.85. The Labute approximate surface area is 107 Å². The van der Waals surface area contributed by atoms with Crippen LogP contribution in [-0.4, -0.2) is 44.0 Å². The third-order valence-corrected chi connectivity index (χ3v) is 3.37. The van der Waals surface area contributed by atoms with Crippen molar-refractivity contribution in [2.75, 3.05) is 6.61 Å². The van der Waals surface area contributed by atoms with Crippen LogP contribution < -0.4 is 11.2 Å². The summed E-state index contributed by atoms with van der Waals surface area (Å²) in [6.45, 7) is 1.13. The van der Waals surface area contributed by atoms with Gasteiger partial charge in [-0.05, 0) is 6.92 Å². The first kappa shape index (κ1) is 13.3. The largest absolute Gasteiger partial charge is 0.394 e. The number of rotatable bonds is 2. The molecule has 4 atom stereocenters. The van der Waals surface area contributed by atoms with Gasteiger partial charge in [0.1, 0.15) is 17.6 Å². The van der Waals surface area contributed by atoms with Crippen molar-refractivity contribution in [2.24, 2.45) is 0 Å². The lowest BCUT2D eigenvalue weighted by atomic mass is 10.2. The molecular formula is C10H13ClN2O5. The molecule has 0 radical (unpaired) electrons. The highest BCUT2D eigenvalue weighted by atomic mass is 35.5. The van der Waals surface area contributed by atoms with E-state index < -0.39 is 41.7 Å². The number of H-pyrrole nitrogens is 1. The van der Waals surface area contributed by atoms with Crippen molar-refractivity contribution < 1.29 is 14.9 Å². The third kappa shape index (κ3) is 2.10. The van der Waals surface area contributed by atoms with Gasteiger partial charge in [0, 0.05) is 11.8 Å².